The minimum atomic E-state index is -0.874. The summed E-state index contributed by atoms with van der Waals surface area (Å²) >= 11 is 0. The maximum atomic E-state index is 13.1. The normalized spacial score (nSPS) is 12.2. The summed E-state index contributed by atoms with van der Waals surface area (Å²) in [6, 6.07) is 11.0. The quantitative estimate of drug-likeness (QED) is 0.915. The SMILES string of the molecule is CC(N)c1ccccc1OCc1ccc(F)c(F)c1. The summed E-state index contributed by atoms with van der Waals surface area (Å²) in [4.78, 5) is 0. The molecule has 0 radical (unpaired) electrons. The third-order valence-corrected chi connectivity index (χ3v) is 2.79. The van der Waals surface area contributed by atoms with Crippen LogP contribution >= 0.6 is 0 Å². The average molecular weight is 263 g/mol. The number of hydrogen-bond acceptors (Lipinski definition) is 2. The molecule has 0 bridgehead atoms. The molecule has 2 N–H and O–H groups in total. The predicted molar refractivity (Wildman–Crippen MR) is 69.7 cm³/mol. The van der Waals surface area contributed by atoms with Crippen LogP contribution in [0.3, 0.4) is 0 Å². The van der Waals surface area contributed by atoms with Crippen LogP contribution in [0.25, 0.3) is 0 Å². The Balaban J connectivity index is 2.12. The molecule has 0 saturated carbocycles. The fourth-order valence-electron chi connectivity index (χ4n) is 1.78. The number of rotatable bonds is 4. The summed E-state index contributed by atoms with van der Waals surface area (Å²) in [5, 5.41) is 0. The van der Waals surface area contributed by atoms with E-state index < -0.39 is 11.6 Å². The highest BCUT2D eigenvalue weighted by molar-refractivity contribution is 5.35. The van der Waals surface area contributed by atoms with E-state index in [0.717, 1.165) is 17.7 Å². The van der Waals surface area contributed by atoms with E-state index in [1.54, 1.807) is 6.07 Å². The van der Waals surface area contributed by atoms with E-state index in [1.807, 2.05) is 25.1 Å². The largest absolute Gasteiger partial charge is 0.489 e. The van der Waals surface area contributed by atoms with E-state index >= 15 is 0 Å². The van der Waals surface area contributed by atoms with Gasteiger partial charge >= 0.3 is 0 Å². The molecule has 0 amide bonds. The van der Waals surface area contributed by atoms with Crippen LogP contribution < -0.4 is 10.5 Å². The summed E-state index contributed by atoms with van der Waals surface area (Å²) < 4.78 is 31.5. The zero-order chi connectivity index (χ0) is 13.8. The highest BCUT2D eigenvalue weighted by atomic mass is 19.2. The third kappa shape index (κ3) is 3.29. The van der Waals surface area contributed by atoms with E-state index in [1.165, 1.54) is 6.07 Å². The molecule has 0 aliphatic heterocycles. The Morgan fingerprint density at radius 2 is 1.84 bits per heavy atom. The highest BCUT2D eigenvalue weighted by Crippen LogP contribution is 2.24. The summed E-state index contributed by atoms with van der Waals surface area (Å²) in [7, 11) is 0. The van der Waals surface area contributed by atoms with Crippen molar-refractivity contribution < 1.29 is 13.5 Å². The lowest BCUT2D eigenvalue weighted by Gasteiger charge is -2.13. The first kappa shape index (κ1) is 13.5. The first-order valence-electron chi connectivity index (χ1n) is 5.99. The van der Waals surface area contributed by atoms with E-state index in [0.29, 0.717) is 11.3 Å². The molecule has 19 heavy (non-hydrogen) atoms. The van der Waals surface area contributed by atoms with Crippen molar-refractivity contribution in [3.05, 3.63) is 65.2 Å². The number of benzene rings is 2. The molecule has 2 aromatic carbocycles. The van der Waals surface area contributed by atoms with Crippen LogP contribution in [0.4, 0.5) is 8.78 Å². The molecule has 100 valence electrons. The molecular formula is C15H15F2NO. The summed E-state index contributed by atoms with van der Waals surface area (Å²) in [5.74, 6) is -1.08. The number of halogens is 2. The van der Waals surface area contributed by atoms with Gasteiger partial charge in [0, 0.05) is 11.6 Å². The van der Waals surface area contributed by atoms with Gasteiger partial charge < -0.3 is 10.5 Å². The molecule has 0 spiro atoms. The number of para-hydroxylation sites is 1. The van der Waals surface area contributed by atoms with Crippen LogP contribution in [0.1, 0.15) is 24.1 Å². The Labute approximate surface area is 110 Å². The van der Waals surface area contributed by atoms with Gasteiger partial charge in [-0.2, -0.15) is 0 Å². The molecule has 4 heteroatoms. The van der Waals surface area contributed by atoms with Crippen molar-refractivity contribution in [3.8, 4) is 5.75 Å². The Kier molecular flexibility index (Phi) is 4.12. The molecule has 2 rings (SSSR count). The number of hydrogen-bond donors (Lipinski definition) is 1. The molecule has 0 aliphatic rings. The van der Waals surface area contributed by atoms with Gasteiger partial charge in [-0.15, -0.1) is 0 Å². The topological polar surface area (TPSA) is 35.2 Å². The lowest BCUT2D eigenvalue weighted by atomic mass is 10.1. The Bertz CT molecular complexity index is 570. The maximum absolute atomic E-state index is 13.1. The molecule has 0 aromatic heterocycles. The molecule has 0 aliphatic carbocycles. The van der Waals surface area contributed by atoms with Crippen LogP contribution in [-0.2, 0) is 6.61 Å². The fraction of sp³-hybridized carbons (Fsp3) is 0.200. The van der Waals surface area contributed by atoms with Crippen molar-refractivity contribution in [2.75, 3.05) is 0 Å². The van der Waals surface area contributed by atoms with Gasteiger partial charge in [-0.3, -0.25) is 0 Å². The summed E-state index contributed by atoms with van der Waals surface area (Å²) in [6.07, 6.45) is 0. The van der Waals surface area contributed by atoms with Gasteiger partial charge in [-0.25, -0.2) is 8.78 Å². The van der Waals surface area contributed by atoms with Crippen molar-refractivity contribution in [1.82, 2.24) is 0 Å². The van der Waals surface area contributed by atoms with Crippen LogP contribution in [0.15, 0.2) is 42.5 Å². The predicted octanol–water partition coefficient (Wildman–Crippen LogP) is 3.56. The summed E-state index contributed by atoms with van der Waals surface area (Å²) in [5.41, 5.74) is 7.29. The second-order valence-electron chi connectivity index (χ2n) is 4.36. The minimum Gasteiger partial charge on any atom is -0.489 e. The smallest absolute Gasteiger partial charge is 0.159 e. The average Bonchev–Trinajstić information content (AvgIpc) is 2.40. The number of ether oxygens (including phenoxy) is 1. The monoisotopic (exact) mass is 263 g/mol. The van der Waals surface area contributed by atoms with Crippen molar-refractivity contribution in [2.24, 2.45) is 5.73 Å². The first-order chi connectivity index (χ1) is 9.08. The lowest BCUT2D eigenvalue weighted by molar-refractivity contribution is 0.300. The van der Waals surface area contributed by atoms with E-state index in [2.05, 4.69) is 0 Å². The zero-order valence-corrected chi connectivity index (χ0v) is 10.6. The molecule has 0 saturated heterocycles. The van der Waals surface area contributed by atoms with Crippen LogP contribution in [-0.4, -0.2) is 0 Å². The Morgan fingerprint density at radius 1 is 1.11 bits per heavy atom. The van der Waals surface area contributed by atoms with E-state index in [-0.39, 0.29) is 12.6 Å². The Hall–Kier alpha value is -1.94. The number of nitrogens with two attached hydrogens (primary N) is 1. The van der Waals surface area contributed by atoms with Crippen LogP contribution in [0, 0.1) is 11.6 Å². The van der Waals surface area contributed by atoms with Gasteiger partial charge in [0.2, 0.25) is 0 Å². The first-order valence-corrected chi connectivity index (χ1v) is 5.99. The second kappa shape index (κ2) is 5.80. The van der Waals surface area contributed by atoms with Crippen molar-refractivity contribution in [1.29, 1.82) is 0 Å². The zero-order valence-electron chi connectivity index (χ0n) is 10.6. The maximum Gasteiger partial charge on any atom is 0.159 e. The minimum absolute atomic E-state index is 0.152. The fourth-order valence-corrected chi connectivity index (χ4v) is 1.78. The standard InChI is InChI=1S/C15H15F2NO/c1-10(18)12-4-2-3-5-15(12)19-9-11-6-7-13(16)14(17)8-11/h2-8,10H,9,18H2,1H3. The molecule has 2 aromatic rings. The lowest BCUT2D eigenvalue weighted by Crippen LogP contribution is -2.08. The molecular weight excluding hydrogens is 248 g/mol. The van der Waals surface area contributed by atoms with Gasteiger partial charge in [0.05, 0.1) is 0 Å². The second-order valence-corrected chi connectivity index (χ2v) is 4.36. The molecule has 1 unspecified atom stereocenters. The van der Waals surface area contributed by atoms with E-state index in [9.17, 15) is 8.78 Å². The van der Waals surface area contributed by atoms with E-state index in [4.69, 9.17) is 10.5 Å². The van der Waals surface area contributed by atoms with Gasteiger partial charge in [-0.05, 0) is 30.7 Å². The van der Waals surface area contributed by atoms with Crippen LogP contribution in [0.5, 0.6) is 5.75 Å². The van der Waals surface area contributed by atoms with Crippen LogP contribution in [0.2, 0.25) is 0 Å². The summed E-state index contributed by atoms with van der Waals surface area (Å²) in [6.45, 7) is 2.03. The highest BCUT2D eigenvalue weighted by Gasteiger charge is 2.08. The van der Waals surface area contributed by atoms with Gasteiger partial charge in [0.25, 0.3) is 0 Å². The third-order valence-electron chi connectivity index (χ3n) is 2.79. The van der Waals surface area contributed by atoms with Crippen molar-refractivity contribution in [2.45, 2.75) is 19.6 Å². The van der Waals surface area contributed by atoms with Crippen molar-refractivity contribution >= 4 is 0 Å². The molecule has 2 nitrogen and oxygen atoms in total. The van der Waals surface area contributed by atoms with Crippen molar-refractivity contribution in [3.63, 3.8) is 0 Å². The van der Waals surface area contributed by atoms with Gasteiger partial charge in [-0.1, -0.05) is 24.3 Å². The van der Waals surface area contributed by atoms with Gasteiger partial charge in [0.15, 0.2) is 11.6 Å². The molecule has 0 heterocycles. The molecule has 1 atom stereocenters. The molecule has 0 fully saturated rings. The Morgan fingerprint density at radius 3 is 2.53 bits per heavy atom. The van der Waals surface area contributed by atoms with Gasteiger partial charge in [0.1, 0.15) is 12.4 Å².